The molecule has 6 rings (SSSR count). The van der Waals surface area contributed by atoms with Gasteiger partial charge in [-0.15, -0.1) is 0 Å². The summed E-state index contributed by atoms with van der Waals surface area (Å²) in [5.74, 6) is 0.284. The molecule has 1 atom stereocenters. The first-order valence-electron chi connectivity index (χ1n) is 17.7. The number of fused-ring (bicyclic) bond motifs is 2. The second-order valence-corrected chi connectivity index (χ2v) is 14.3. The molecule has 0 bridgehead atoms. The molecular formula is C38H45ClF3N7O3. The van der Waals surface area contributed by atoms with Crippen LogP contribution in [0.4, 0.5) is 29.3 Å². The van der Waals surface area contributed by atoms with Gasteiger partial charge in [0.25, 0.3) is 0 Å². The van der Waals surface area contributed by atoms with E-state index in [1.165, 1.54) is 6.07 Å². The Balaban J connectivity index is 1.20. The molecule has 4 N–H and O–H groups in total. The topological polar surface area (TPSA) is 120 Å². The third-order valence-corrected chi connectivity index (χ3v) is 10.2. The van der Waals surface area contributed by atoms with Gasteiger partial charge in [-0.25, -0.2) is 9.78 Å². The number of carbonyl (C=O) groups excluding carboxylic acids is 2. The van der Waals surface area contributed by atoms with Crippen molar-refractivity contribution in [3.63, 3.8) is 0 Å². The molecule has 2 aliphatic rings. The van der Waals surface area contributed by atoms with Crippen LogP contribution in [0.25, 0.3) is 11.0 Å². The molecule has 0 saturated carbocycles. The van der Waals surface area contributed by atoms with Gasteiger partial charge in [0.1, 0.15) is 17.1 Å². The number of amides is 3. The number of benzene rings is 3. The Labute approximate surface area is 306 Å². The minimum absolute atomic E-state index is 0.00611. The number of aryl methyl sites for hydroxylation is 1. The lowest BCUT2D eigenvalue weighted by Gasteiger charge is -2.39. The molecule has 0 aliphatic carbocycles. The van der Waals surface area contributed by atoms with Crippen LogP contribution in [0.15, 0.2) is 54.6 Å². The van der Waals surface area contributed by atoms with Crippen LogP contribution < -0.4 is 15.8 Å². The first kappa shape index (κ1) is 37.3. The van der Waals surface area contributed by atoms with E-state index in [0.717, 1.165) is 43.1 Å². The van der Waals surface area contributed by atoms with Crippen molar-refractivity contribution in [1.82, 2.24) is 24.7 Å². The van der Waals surface area contributed by atoms with E-state index < -0.39 is 23.3 Å². The maximum atomic E-state index is 14.0. The van der Waals surface area contributed by atoms with Gasteiger partial charge in [-0.1, -0.05) is 35.9 Å². The van der Waals surface area contributed by atoms with E-state index in [2.05, 4.69) is 15.2 Å². The number of H-pyrrole nitrogens is 1. The van der Waals surface area contributed by atoms with Crippen LogP contribution in [0.5, 0.6) is 5.75 Å². The van der Waals surface area contributed by atoms with Crippen molar-refractivity contribution in [3.8, 4) is 5.75 Å². The highest BCUT2D eigenvalue weighted by Crippen LogP contribution is 2.39. The number of halogens is 4. The van der Waals surface area contributed by atoms with E-state index in [0.29, 0.717) is 61.7 Å². The Morgan fingerprint density at radius 3 is 2.63 bits per heavy atom. The number of para-hydroxylation sites is 2. The molecule has 278 valence electrons. The molecule has 1 aromatic heterocycles. The van der Waals surface area contributed by atoms with Gasteiger partial charge in [-0.2, -0.15) is 13.2 Å². The number of anilines is 2. The molecule has 0 radical (unpaired) electrons. The number of alkyl halides is 3. The largest absolute Gasteiger partial charge is 0.491 e. The number of hydrogen-bond donors (Lipinski definition) is 3. The Morgan fingerprint density at radius 1 is 1.12 bits per heavy atom. The molecule has 4 aromatic rings. The lowest BCUT2D eigenvalue weighted by molar-refractivity contribution is -0.137. The van der Waals surface area contributed by atoms with Gasteiger partial charge >= 0.3 is 12.2 Å². The van der Waals surface area contributed by atoms with E-state index in [9.17, 15) is 22.8 Å². The number of nitrogens with two attached hydrogens (primary N) is 1. The van der Waals surface area contributed by atoms with Crippen LogP contribution in [0.3, 0.4) is 0 Å². The van der Waals surface area contributed by atoms with Crippen LogP contribution >= 0.6 is 11.6 Å². The molecule has 3 aromatic carbocycles. The zero-order valence-electron chi connectivity index (χ0n) is 29.4. The number of aromatic amines is 1. The summed E-state index contributed by atoms with van der Waals surface area (Å²) in [7, 11) is 3.98. The van der Waals surface area contributed by atoms with E-state index in [1.54, 1.807) is 4.90 Å². The highest BCUT2D eigenvalue weighted by Gasteiger charge is 2.36. The lowest BCUT2D eigenvalue weighted by Crippen LogP contribution is -2.50. The minimum atomic E-state index is -4.70. The molecular weight excluding hydrogens is 695 g/mol. The zero-order valence-corrected chi connectivity index (χ0v) is 30.2. The first-order chi connectivity index (χ1) is 24.9. The van der Waals surface area contributed by atoms with Gasteiger partial charge in [0.2, 0.25) is 5.91 Å². The highest BCUT2D eigenvalue weighted by molar-refractivity contribution is 6.33. The van der Waals surface area contributed by atoms with Crippen LogP contribution in [-0.4, -0.2) is 89.5 Å². The number of hydrogen-bond acceptors (Lipinski definition) is 6. The van der Waals surface area contributed by atoms with E-state index in [1.807, 2.05) is 61.5 Å². The first-order valence-corrected chi connectivity index (χ1v) is 18.1. The summed E-state index contributed by atoms with van der Waals surface area (Å²) < 4.78 is 47.8. The number of nitrogens with zero attached hydrogens (tertiary/aromatic N) is 4. The van der Waals surface area contributed by atoms with Gasteiger partial charge in [0, 0.05) is 50.2 Å². The normalized spacial score (nSPS) is 16.4. The summed E-state index contributed by atoms with van der Waals surface area (Å²) in [5, 5.41) is 2.86. The molecule has 3 amide bonds. The molecule has 0 spiro atoms. The van der Waals surface area contributed by atoms with Crippen LogP contribution in [-0.2, 0) is 23.8 Å². The standard InChI is InChI=1S/C38H45ClF3N7O3/c1-47(2)15-7-19-52-32-12-5-11-31-35(32)46-36(44-31)26(20-24-21-28(38(40,41)42)34(43)29(39)22-24)23-33(50)48-17-13-27(14-18-48)49-16-6-9-25-8-3-4-10-30(25)45-37(49)51/h3-5,8,10-12,21-22,26-27H,6-7,9,13-20,23,43H2,1-2H3,(H,44,46)(H,45,51). The van der Waals surface area contributed by atoms with Crippen molar-refractivity contribution in [2.45, 2.75) is 63.1 Å². The number of ether oxygens (including phenoxy) is 1. The predicted octanol–water partition coefficient (Wildman–Crippen LogP) is 7.34. The van der Waals surface area contributed by atoms with Gasteiger partial charge in [-0.05, 0) is 94.1 Å². The summed E-state index contributed by atoms with van der Waals surface area (Å²) in [6.45, 7) is 2.86. The number of likely N-dealkylation sites (tertiary alicyclic amines) is 1. The van der Waals surface area contributed by atoms with Crippen molar-refractivity contribution in [2.24, 2.45) is 0 Å². The van der Waals surface area contributed by atoms with Crippen LogP contribution in [0.2, 0.25) is 5.02 Å². The monoisotopic (exact) mass is 739 g/mol. The fraction of sp³-hybridized carbons (Fsp3) is 0.447. The van der Waals surface area contributed by atoms with Gasteiger partial charge in [-0.3, -0.25) is 4.79 Å². The molecule has 3 heterocycles. The zero-order chi connectivity index (χ0) is 37.0. The fourth-order valence-electron chi connectivity index (χ4n) is 7.18. The second-order valence-electron chi connectivity index (χ2n) is 13.9. The van der Waals surface area contributed by atoms with Crippen LogP contribution in [0, 0.1) is 0 Å². The van der Waals surface area contributed by atoms with E-state index in [-0.39, 0.29) is 41.4 Å². The predicted molar refractivity (Wildman–Crippen MR) is 197 cm³/mol. The highest BCUT2D eigenvalue weighted by atomic mass is 35.5. The Hall–Kier alpha value is -4.49. The summed E-state index contributed by atoms with van der Waals surface area (Å²) >= 11 is 6.20. The van der Waals surface area contributed by atoms with Gasteiger partial charge in [0.05, 0.1) is 28.4 Å². The number of aromatic nitrogens is 2. The third-order valence-electron chi connectivity index (χ3n) is 9.91. The Bertz CT molecular complexity index is 1890. The minimum Gasteiger partial charge on any atom is -0.491 e. The van der Waals surface area contributed by atoms with Crippen molar-refractivity contribution < 1.29 is 27.5 Å². The van der Waals surface area contributed by atoms with Crippen molar-refractivity contribution >= 4 is 45.9 Å². The molecule has 10 nitrogen and oxygen atoms in total. The lowest BCUT2D eigenvalue weighted by atomic mass is 9.92. The third kappa shape index (κ3) is 8.75. The number of rotatable bonds is 11. The maximum Gasteiger partial charge on any atom is 0.418 e. The Kier molecular flexibility index (Phi) is 11.5. The van der Waals surface area contributed by atoms with Crippen LogP contribution in [0.1, 0.15) is 60.5 Å². The summed E-state index contributed by atoms with van der Waals surface area (Å²) in [4.78, 5) is 41.1. The number of imidazole rings is 1. The number of nitrogens with one attached hydrogen (secondary N) is 2. The van der Waals surface area contributed by atoms with Gasteiger partial charge < -0.3 is 35.5 Å². The van der Waals surface area contributed by atoms with Crippen molar-refractivity contribution in [3.05, 3.63) is 82.1 Å². The van der Waals surface area contributed by atoms with E-state index in [4.69, 9.17) is 27.1 Å². The summed E-state index contributed by atoms with van der Waals surface area (Å²) in [6, 6.07) is 15.6. The maximum absolute atomic E-state index is 14.0. The van der Waals surface area contributed by atoms with Crippen molar-refractivity contribution in [2.75, 3.05) is 57.9 Å². The number of urea groups is 1. The quantitative estimate of drug-likeness (QED) is 0.110. The number of nitrogen functional groups attached to an aromatic ring is 1. The smallest absolute Gasteiger partial charge is 0.418 e. The fourth-order valence-corrected chi connectivity index (χ4v) is 7.42. The number of carbonyl (C=O) groups is 2. The molecule has 1 unspecified atom stereocenters. The molecule has 1 fully saturated rings. The average molecular weight is 740 g/mol. The van der Waals surface area contributed by atoms with Gasteiger partial charge in [0.15, 0.2) is 0 Å². The second kappa shape index (κ2) is 16.0. The molecule has 2 aliphatic heterocycles. The summed E-state index contributed by atoms with van der Waals surface area (Å²) in [6.07, 6.45) is -0.902. The number of piperidine rings is 1. The SMILES string of the molecule is CN(C)CCCOc1cccc2[nH]c(C(CC(=O)N3CCC(N4CCCc5ccccc5NC4=O)CC3)Cc3cc(Cl)c(N)c(C(F)(F)F)c3)nc12. The Morgan fingerprint density at radius 2 is 1.88 bits per heavy atom. The van der Waals surface area contributed by atoms with E-state index >= 15 is 0 Å². The average Bonchev–Trinajstić information content (AvgIpc) is 3.54. The summed E-state index contributed by atoms with van der Waals surface area (Å²) in [5.41, 5.74) is 7.69. The van der Waals surface area contributed by atoms with Crippen molar-refractivity contribution in [1.29, 1.82) is 0 Å². The molecule has 14 heteroatoms. The molecule has 52 heavy (non-hydrogen) atoms. The molecule has 1 saturated heterocycles.